The summed E-state index contributed by atoms with van der Waals surface area (Å²) < 4.78 is 0. The van der Waals surface area contributed by atoms with E-state index in [-0.39, 0.29) is 12.5 Å². The first-order valence-corrected chi connectivity index (χ1v) is 19.2. The van der Waals surface area contributed by atoms with Crippen LogP contribution >= 0.6 is 0 Å². The maximum Gasteiger partial charge on any atom is 0.220 e. The SMILES string of the molecule is CCCCCCCCCCCCCCCCCCCCCCC(=O)NC(CO)C(O)CCCCCCCCCCCC. The Bertz CT molecular complexity index is 526. The molecule has 0 rings (SSSR count). The number of carbonyl (C=O) groups is 1. The van der Waals surface area contributed by atoms with Crippen LogP contribution in [0, 0.1) is 0 Å². The minimum Gasteiger partial charge on any atom is -0.394 e. The molecule has 0 radical (unpaired) electrons. The van der Waals surface area contributed by atoms with E-state index in [2.05, 4.69) is 19.2 Å². The fourth-order valence-corrected chi connectivity index (χ4v) is 6.13. The highest BCUT2D eigenvalue weighted by Gasteiger charge is 2.19. The lowest BCUT2D eigenvalue weighted by Crippen LogP contribution is -2.45. The molecule has 0 fully saturated rings. The second-order valence-electron chi connectivity index (χ2n) is 13.4. The second kappa shape index (κ2) is 34.9. The molecule has 0 aromatic carbocycles. The predicted octanol–water partition coefficient (Wildman–Crippen LogP) is 11.3. The standard InChI is InChI=1S/C38H77NO3/c1-3-5-7-9-11-13-15-16-17-18-19-20-21-22-23-24-26-28-30-32-34-38(42)39-36(35-40)37(41)33-31-29-27-25-14-12-10-8-6-4-2/h36-37,40-41H,3-35H2,1-2H3,(H,39,42). The summed E-state index contributed by atoms with van der Waals surface area (Å²) in [5, 5.41) is 23.0. The molecule has 2 unspecified atom stereocenters. The van der Waals surface area contributed by atoms with Gasteiger partial charge in [-0.1, -0.05) is 200 Å². The molecule has 0 saturated heterocycles. The van der Waals surface area contributed by atoms with Gasteiger partial charge in [0.1, 0.15) is 0 Å². The molecule has 0 aliphatic carbocycles. The van der Waals surface area contributed by atoms with Crippen molar-refractivity contribution in [3.63, 3.8) is 0 Å². The number of amides is 1. The summed E-state index contributed by atoms with van der Waals surface area (Å²) in [5.74, 6) is -0.0291. The van der Waals surface area contributed by atoms with Crippen molar-refractivity contribution in [2.24, 2.45) is 0 Å². The molecule has 0 aromatic heterocycles. The summed E-state index contributed by atoms with van der Waals surface area (Å²) in [6, 6.07) is -0.527. The van der Waals surface area contributed by atoms with Crippen molar-refractivity contribution in [3.05, 3.63) is 0 Å². The van der Waals surface area contributed by atoms with Crippen molar-refractivity contribution in [1.82, 2.24) is 5.32 Å². The van der Waals surface area contributed by atoms with E-state index in [1.165, 1.54) is 167 Å². The quantitative estimate of drug-likeness (QED) is 0.0638. The van der Waals surface area contributed by atoms with Crippen molar-refractivity contribution >= 4 is 5.91 Å². The lowest BCUT2D eigenvalue weighted by Gasteiger charge is -2.22. The Morgan fingerprint density at radius 1 is 0.476 bits per heavy atom. The van der Waals surface area contributed by atoms with Crippen LogP contribution in [0.4, 0.5) is 0 Å². The Labute approximate surface area is 264 Å². The van der Waals surface area contributed by atoms with Crippen molar-refractivity contribution in [2.45, 2.75) is 231 Å². The second-order valence-corrected chi connectivity index (χ2v) is 13.4. The van der Waals surface area contributed by atoms with E-state index in [4.69, 9.17) is 0 Å². The zero-order valence-corrected chi connectivity index (χ0v) is 28.8. The number of hydrogen-bond acceptors (Lipinski definition) is 3. The molecule has 252 valence electrons. The van der Waals surface area contributed by atoms with E-state index in [0.717, 1.165) is 25.7 Å². The van der Waals surface area contributed by atoms with E-state index in [0.29, 0.717) is 12.8 Å². The molecule has 3 N–H and O–H groups in total. The number of unbranched alkanes of at least 4 members (excludes halogenated alkanes) is 28. The van der Waals surface area contributed by atoms with Gasteiger partial charge in [-0.15, -0.1) is 0 Å². The zero-order valence-electron chi connectivity index (χ0n) is 28.8. The van der Waals surface area contributed by atoms with Crippen LogP contribution in [0.1, 0.15) is 219 Å². The summed E-state index contributed by atoms with van der Waals surface area (Å²) >= 11 is 0. The summed E-state index contributed by atoms with van der Waals surface area (Å²) in [6.07, 6.45) is 40.2. The highest BCUT2D eigenvalue weighted by molar-refractivity contribution is 5.76. The Morgan fingerprint density at radius 3 is 1.07 bits per heavy atom. The summed E-state index contributed by atoms with van der Waals surface area (Å²) in [4.78, 5) is 12.3. The molecule has 0 heterocycles. The average Bonchev–Trinajstić information content (AvgIpc) is 2.99. The molecular formula is C38H77NO3. The minimum atomic E-state index is -0.650. The molecule has 0 aromatic rings. The van der Waals surface area contributed by atoms with Crippen molar-refractivity contribution in [2.75, 3.05) is 6.61 Å². The molecular weight excluding hydrogens is 518 g/mol. The van der Waals surface area contributed by atoms with Gasteiger partial charge >= 0.3 is 0 Å². The smallest absolute Gasteiger partial charge is 0.220 e. The van der Waals surface area contributed by atoms with Gasteiger partial charge in [0.15, 0.2) is 0 Å². The van der Waals surface area contributed by atoms with Crippen LogP contribution in [0.2, 0.25) is 0 Å². The van der Waals surface area contributed by atoms with Crippen LogP contribution < -0.4 is 5.32 Å². The number of hydrogen-bond donors (Lipinski definition) is 3. The molecule has 0 bridgehead atoms. The zero-order chi connectivity index (χ0) is 30.8. The van der Waals surface area contributed by atoms with Crippen LogP contribution in [0.15, 0.2) is 0 Å². The summed E-state index contributed by atoms with van der Waals surface area (Å²) in [7, 11) is 0. The maximum absolute atomic E-state index is 12.3. The Kier molecular flexibility index (Phi) is 34.4. The monoisotopic (exact) mass is 596 g/mol. The van der Waals surface area contributed by atoms with E-state index >= 15 is 0 Å². The lowest BCUT2D eigenvalue weighted by atomic mass is 10.0. The molecule has 2 atom stereocenters. The molecule has 0 aliphatic rings. The van der Waals surface area contributed by atoms with Gasteiger partial charge in [-0.2, -0.15) is 0 Å². The molecule has 0 spiro atoms. The van der Waals surface area contributed by atoms with Gasteiger partial charge in [0.25, 0.3) is 0 Å². The Hall–Kier alpha value is -0.610. The lowest BCUT2D eigenvalue weighted by molar-refractivity contribution is -0.123. The Balaban J connectivity index is 3.46. The molecule has 1 amide bonds. The van der Waals surface area contributed by atoms with E-state index in [1.807, 2.05) is 0 Å². The summed E-state index contributed by atoms with van der Waals surface area (Å²) in [5.41, 5.74) is 0. The number of rotatable bonds is 35. The fraction of sp³-hybridized carbons (Fsp3) is 0.974. The van der Waals surface area contributed by atoms with Crippen LogP contribution in [0.3, 0.4) is 0 Å². The summed E-state index contributed by atoms with van der Waals surface area (Å²) in [6.45, 7) is 4.35. The van der Waals surface area contributed by atoms with E-state index in [9.17, 15) is 15.0 Å². The highest BCUT2D eigenvalue weighted by Crippen LogP contribution is 2.16. The third kappa shape index (κ3) is 30.8. The average molecular weight is 596 g/mol. The predicted molar refractivity (Wildman–Crippen MR) is 184 cm³/mol. The van der Waals surface area contributed by atoms with Crippen LogP contribution in [0.5, 0.6) is 0 Å². The molecule has 0 aliphatic heterocycles. The Morgan fingerprint density at radius 2 is 0.762 bits per heavy atom. The first-order valence-electron chi connectivity index (χ1n) is 19.2. The first-order chi connectivity index (χ1) is 20.7. The number of aliphatic hydroxyl groups excluding tert-OH is 2. The van der Waals surface area contributed by atoms with Gasteiger partial charge < -0.3 is 15.5 Å². The molecule has 4 heteroatoms. The molecule has 4 nitrogen and oxygen atoms in total. The van der Waals surface area contributed by atoms with Crippen LogP contribution in [-0.4, -0.2) is 34.9 Å². The normalized spacial score (nSPS) is 13.0. The largest absolute Gasteiger partial charge is 0.394 e. The van der Waals surface area contributed by atoms with Crippen molar-refractivity contribution in [1.29, 1.82) is 0 Å². The van der Waals surface area contributed by atoms with Crippen molar-refractivity contribution < 1.29 is 15.0 Å². The number of aliphatic hydroxyl groups is 2. The van der Waals surface area contributed by atoms with Gasteiger partial charge in [0.2, 0.25) is 5.91 Å². The van der Waals surface area contributed by atoms with Gasteiger partial charge in [-0.3, -0.25) is 4.79 Å². The minimum absolute atomic E-state index is 0.0291. The first kappa shape index (κ1) is 41.4. The van der Waals surface area contributed by atoms with Crippen LogP contribution in [-0.2, 0) is 4.79 Å². The van der Waals surface area contributed by atoms with Gasteiger partial charge in [-0.05, 0) is 12.8 Å². The number of carbonyl (C=O) groups excluding carboxylic acids is 1. The van der Waals surface area contributed by atoms with Crippen LogP contribution in [0.25, 0.3) is 0 Å². The topological polar surface area (TPSA) is 69.6 Å². The molecule has 0 saturated carbocycles. The van der Waals surface area contributed by atoms with Gasteiger partial charge in [-0.25, -0.2) is 0 Å². The van der Waals surface area contributed by atoms with E-state index in [1.54, 1.807) is 0 Å². The highest BCUT2D eigenvalue weighted by atomic mass is 16.3. The van der Waals surface area contributed by atoms with Gasteiger partial charge in [0, 0.05) is 6.42 Å². The van der Waals surface area contributed by atoms with E-state index < -0.39 is 12.1 Å². The number of nitrogens with one attached hydrogen (secondary N) is 1. The van der Waals surface area contributed by atoms with Crippen molar-refractivity contribution in [3.8, 4) is 0 Å². The fourth-order valence-electron chi connectivity index (χ4n) is 6.13. The third-order valence-electron chi connectivity index (χ3n) is 9.12. The van der Waals surface area contributed by atoms with Gasteiger partial charge in [0.05, 0.1) is 18.8 Å². The third-order valence-corrected chi connectivity index (χ3v) is 9.12. The maximum atomic E-state index is 12.3. The molecule has 42 heavy (non-hydrogen) atoms.